The van der Waals surface area contributed by atoms with E-state index in [1.54, 1.807) is 13.4 Å². The van der Waals surface area contributed by atoms with Gasteiger partial charge in [-0.25, -0.2) is 9.98 Å². The van der Waals surface area contributed by atoms with Crippen LogP contribution in [0.25, 0.3) is 0 Å². The Morgan fingerprint density at radius 3 is 2.73 bits per heavy atom. The van der Waals surface area contributed by atoms with Gasteiger partial charge >= 0.3 is 0 Å². The number of rotatable bonds is 10. The van der Waals surface area contributed by atoms with Gasteiger partial charge in [0, 0.05) is 20.7 Å². The largest absolute Gasteiger partial charge is 0.474 e. The van der Waals surface area contributed by atoms with E-state index < -0.39 is 0 Å². The van der Waals surface area contributed by atoms with E-state index in [9.17, 15) is 0 Å². The fraction of sp³-hybridized carbons (Fsp3) is 0.600. The number of aromatic nitrogens is 1. The number of aryl methyl sites for hydroxylation is 1. The van der Waals surface area contributed by atoms with Gasteiger partial charge < -0.3 is 19.1 Å². The first kappa shape index (κ1) is 18.9. The molecule has 7 heteroatoms. The van der Waals surface area contributed by atoms with Crippen molar-refractivity contribution in [3.05, 3.63) is 16.2 Å². The van der Waals surface area contributed by atoms with E-state index in [-0.39, 0.29) is 0 Å². The van der Waals surface area contributed by atoms with Gasteiger partial charge in [0.1, 0.15) is 6.61 Å². The number of hydrogen-bond donors (Lipinski definition) is 0. The van der Waals surface area contributed by atoms with Crippen LogP contribution >= 0.6 is 15.9 Å². The number of hydrogen-bond acceptors (Lipinski definition) is 5. The van der Waals surface area contributed by atoms with Crippen molar-refractivity contribution in [1.29, 1.82) is 0 Å². The van der Waals surface area contributed by atoms with Gasteiger partial charge in [-0.1, -0.05) is 0 Å². The zero-order valence-corrected chi connectivity index (χ0v) is 15.2. The van der Waals surface area contributed by atoms with Crippen molar-refractivity contribution >= 4 is 28.0 Å². The Hall–Kier alpha value is -1.18. The minimum absolute atomic E-state index is 0.440. The fourth-order valence-electron chi connectivity index (χ4n) is 1.47. The molecule has 0 atom stereocenters. The topological polar surface area (TPSA) is 56.2 Å². The lowest BCUT2D eigenvalue weighted by molar-refractivity contribution is 0.0535. The summed E-state index contributed by atoms with van der Waals surface area (Å²) in [4.78, 5) is 10.8. The Morgan fingerprint density at radius 2 is 2.05 bits per heavy atom. The number of aliphatic imine (C=N–C) groups is 1. The minimum atomic E-state index is 0.440. The monoisotopic (exact) mass is 373 g/mol. The molecule has 0 aliphatic carbocycles. The van der Waals surface area contributed by atoms with E-state index >= 15 is 0 Å². The van der Waals surface area contributed by atoms with E-state index in [1.807, 2.05) is 24.9 Å². The molecule has 1 aromatic heterocycles. The van der Waals surface area contributed by atoms with Crippen LogP contribution in [0.1, 0.15) is 12.6 Å². The van der Waals surface area contributed by atoms with E-state index in [4.69, 9.17) is 14.2 Å². The predicted molar refractivity (Wildman–Crippen MR) is 91.3 cm³/mol. The maximum Gasteiger partial charge on any atom is 0.228 e. The first-order valence-electron chi connectivity index (χ1n) is 7.19. The second-order valence-corrected chi connectivity index (χ2v) is 5.51. The highest BCUT2D eigenvalue weighted by atomic mass is 79.9. The molecular formula is C15H24BrN3O3. The third-order valence-corrected chi connectivity index (χ3v) is 3.47. The first-order valence-corrected chi connectivity index (χ1v) is 7.98. The van der Waals surface area contributed by atoms with Gasteiger partial charge in [-0.2, -0.15) is 0 Å². The Labute approximate surface area is 140 Å². The summed E-state index contributed by atoms with van der Waals surface area (Å²) < 4.78 is 16.6. The first-order chi connectivity index (χ1) is 10.6. The van der Waals surface area contributed by atoms with Crippen LogP contribution in [0.2, 0.25) is 0 Å². The lowest BCUT2D eigenvalue weighted by Gasteiger charge is -2.11. The average Bonchev–Trinajstić information content (AvgIpc) is 2.51. The van der Waals surface area contributed by atoms with Crippen molar-refractivity contribution in [2.45, 2.75) is 13.8 Å². The third-order valence-electron chi connectivity index (χ3n) is 2.90. The van der Waals surface area contributed by atoms with E-state index in [0.717, 1.165) is 22.4 Å². The van der Waals surface area contributed by atoms with E-state index in [2.05, 4.69) is 32.8 Å². The molecule has 22 heavy (non-hydrogen) atoms. The molecule has 1 rings (SSSR count). The SMILES string of the molecule is CCN(C)/C=N/c1cc(Br)c(OCCOCCOC)nc1C. The summed E-state index contributed by atoms with van der Waals surface area (Å²) in [7, 11) is 3.62. The van der Waals surface area contributed by atoms with E-state index in [1.165, 1.54) is 0 Å². The predicted octanol–water partition coefficient (Wildman–Crippen LogP) is 2.81. The molecule has 1 heterocycles. The van der Waals surface area contributed by atoms with Gasteiger partial charge in [0.25, 0.3) is 0 Å². The molecule has 0 aliphatic heterocycles. The molecule has 0 aromatic carbocycles. The Morgan fingerprint density at radius 1 is 1.32 bits per heavy atom. The normalized spacial score (nSPS) is 11.1. The summed E-state index contributed by atoms with van der Waals surface area (Å²) in [6, 6.07) is 1.91. The number of ether oxygens (including phenoxy) is 3. The molecule has 0 N–H and O–H groups in total. The standard InChI is InChI=1S/C15H24BrN3O3/c1-5-19(3)11-17-14-10-13(16)15(18-12(14)2)22-9-8-21-7-6-20-4/h10-11H,5-9H2,1-4H3/b17-11+. The van der Waals surface area contributed by atoms with Gasteiger partial charge in [-0.15, -0.1) is 0 Å². The zero-order valence-electron chi connectivity index (χ0n) is 13.6. The fourth-order valence-corrected chi connectivity index (χ4v) is 1.89. The number of pyridine rings is 1. The summed E-state index contributed by atoms with van der Waals surface area (Å²) in [5, 5.41) is 0. The molecule has 1 aromatic rings. The molecule has 0 bridgehead atoms. The number of nitrogens with zero attached hydrogens (tertiary/aromatic N) is 3. The Bertz CT molecular complexity index is 483. The Kier molecular flexibility index (Phi) is 9.03. The summed E-state index contributed by atoms with van der Waals surface area (Å²) in [5.74, 6) is 0.552. The maximum atomic E-state index is 5.61. The molecule has 0 amide bonds. The third kappa shape index (κ3) is 6.72. The van der Waals surface area contributed by atoms with Crippen molar-refractivity contribution in [3.8, 4) is 5.88 Å². The van der Waals surface area contributed by atoms with Gasteiger partial charge in [0.15, 0.2) is 0 Å². The Balaban J connectivity index is 2.56. The number of methoxy groups -OCH3 is 1. The molecule has 0 spiro atoms. The van der Waals surface area contributed by atoms with Crippen LogP contribution in [0.15, 0.2) is 15.5 Å². The van der Waals surface area contributed by atoms with Crippen molar-refractivity contribution in [3.63, 3.8) is 0 Å². The van der Waals surface area contributed by atoms with E-state index in [0.29, 0.717) is 32.3 Å². The van der Waals surface area contributed by atoms with Gasteiger partial charge in [-0.3, -0.25) is 0 Å². The van der Waals surface area contributed by atoms with Gasteiger partial charge in [-0.05, 0) is 35.8 Å². The van der Waals surface area contributed by atoms with Crippen LogP contribution in [-0.4, -0.2) is 63.4 Å². The lowest BCUT2D eigenvalue weighted by Crippen LogP contribution is -2.14. The highest BCUT2D eigenvalue weighted by Crippen LogP contribution is 2.29. The molecular weight excluding hydrogens is 350 g/mol. The van der Waals surface area contributed by atoms with Gasteiger partial charge in [0.05, 0.1) is 42.0 Å². The highest BCUT2D eigenvalue weighted by Gasteiger charge is 2.08. The molecule has 6 nitrogen and oxygen atoms in total. The van der Waals surface area contributed by atoms with Crippen LogP contribution in [0.4, 0.5) is 5.69 Å². The molecule has 124 valence electrons. The quantitative estimate of drug-likeness (QED) is 0.358. The van der Waals surface area contributed by atoms with Crippen molar-refractivity contribution < 1.29 is 14.2 Å². The van der Waals surface area contributed by atoms with Crippen LogP contribution in [0.3, 0.4) is 0 Å². The molecule has 0 saturated heterocycles. The highest BCUT2D eigenvalue weighted by molar-refractivity contribution is 9.10. The molecule has 0 saturated carbocycles. The zero-order chi connectivity index (χ0) is 16.4. The van der Waals surface area contributed by atoms with Crippen molar-refractivity contribution in [1.82, 2.24) is 9.88 Å². The number of halogens is 1. The summed E-state index contributed by atoms with van der Waals surface area (Å²) in [6.07, 6.45) is 1.79. The van der Waals surface area contributed by atoms with Crippen molar-refractivity contribution in [2.24, 2.45) is 4.99 Å². The molecule has 0 aliphatic rings. The summed E-state index contributed by atoms with van der Waals surface area (Å²) >= 11 is 3.46. The van der Waals surface area contributed by atoms with Crippen molar-refractivity contribution in [2.75, 3.05) is 47.1 Å². The molecule has 0 unspecified atom stereocenters. The van der Waals surface area contributed by atoms with Crippen LogP contribution in [0, 0.1) is 6.92 Å². The minimum Gasteiger partial charge on any atom is -0.474 e. The van der Waals surface area contributed by atoms with Gasteiger partial charge in [0.2, 0.25) is 5.88 Å². The molecule has 0 fully saturated rings. The van der Waals surface area contributed by atoms with Crippen LogP contribution in [-0.2, 0) is 9.47 Å². The second kappa shape index (κ2) is 10.5. The summed E-state index contributed by atoms with van der Waals surface area (Å²) in [5.41, 5.74) is 1.63. The van der Waals surface area contributed by atoms with Crippen LogP contribution in [0.5, 0.6) is 5.88 Å². The molecule has 0 radical (unpaired) electrons. The maximum absolute atomic E-state index is 5.61. The second-order valence-electron chi connectivity index (χ2n) is 4.65. The smallest absolute Gasteiger partial charge is 0.228 e. The average molecular weight is 374 g/mol. The lowest BCUT2D eigenvalue weighted by atomic mass is 10.3. The van der Waals surface area contributed by atoms with Crippen LogP contribution < -0.4 is 4.74 Å². The summed E-state index contributed by atoms with van der Waals surface area (Å²) in [6.45, 7) is 6.97.